The Kier molecular flexibility index (Phi) is 1.92. The van der Waals surface area contributed by atoms with Gasteiger partial charge in [-0.05, 0) is 49.4 Å². The molecule has 0 spiro atoms. The molecule has 1 saturated heterocycles. The number of fused-ring (bicyclic) bond motifs is 5. The molecule has 5 unspecified atom stereocenters. The molecule has 1 N–H and O–H groups in total. The molecule has 1 heterocycles. The molecule has 5 atom stereocenters. The zero-order chi connectivity index (χ0) is 9.83. The first kappa shape index (κ1) is 9.00. The first-order chi connectivity index (χ1) is 7.42. The van der Waals surface area contributed by atoms with Crippen molar-refractivity contribution in [3.63, 3.8) is 0 Å². The second kappa shape index (κ2) is 3.21. The quantitative estimate of drug-likeness (QED) is 0.745. The van der Waals surface area contributed by atoms with E-state index in [2.05, 4.69) is 5.32 Å². The fourth-order valence-electron chi connectivity index (χ4n) is 4.89. The molecule has 4 aliphatic rings. The zero-order valence-electron chi connectivity index (χ0n) is 9.32. The van der Waals surface area contributed by atoms with E-state index in [1.54, 1.807) is 12.8 Å². The van der Waals surface area contributed by atoms with Crippen molar-refractivity contribution in [2.45, 2.75) is 44.2 Å². The fraction of sp³-hybridized carbons (Fsp3) is 1.00. The van der Waals surface area contributed by atoms with Gasteiger partial charge in [0.25, 0.3) is 0 Å². The summed E-state index contributed by atoms with van der Waals surface area (Å²) in [6.07, 6.45) is 7.61. The summed E-state index contributed by atoms with van der Waals surface area (Å²) in [7, 11) is 0. The first-order valence-corrected chi connectivity index (χ1v) is 6.75. The van der Waals surface area contributed by atoms with Crippen LogP contribution in [0.15, 0.2) is 0 Å². The maximum atomic E-state index is 5.25. The van der Waals surface area contributed by atoms with Gasteiger partial charge in [0, 0.05) is 6.04 Å². The highest BCUT2D eigenvalue weighted by Crippen LogP contribution is 2.58. The molecular formula is C13H21NO. The predicted octanol–water partition coefficient (Wildman–Crippen LogP) is 1.80. The molecule has 15 heavy (non-hydrogen) atoms. The standard InChI is InChI=1S/C13H21NO/c1-2-10-8-4-12(11(10)3-1)13(5-8)14-9-6-15-7-9/h8-14H,1-7H2. The Hall–Kier alpha value is -0.0800. The van der Waals surface area contributed by atoms with Crippen molar-refractivity contribution in [2.75, 3.05) is 13.2 Å². The van der Waals surface area contributed by atoms with Gasteiger partial charge in [0.05, 0.1) is 19.3 Å². The summed E-state index contributed by atoms with van der Waals surface area (Å²) in [6, 6.07) is 1.54. The molecule has 2 heteroatoms. The van der Waals surface area contributed by atoms with Gasteiger partial charge < -0.3 is 10.1 Å². The number of ether oxygens (including phenoxy) is 1. The van der Waals surface area contributed by atoms with Crippen molar-refractivity contribution >= 4 is 0 Å². The Bertz CT molecular complexity index is 263. The van der Waals surface area contributed by atoms with Crippen LogP contribution in [0.4, 0.5) is 0 Å². The van der Waals surface area contributed by atoms with Crippen LogP contribution in [0.25, 0.3) is 0 Å². The molecule has 0 radical (unpaired) electrons. The van der Waals surface area contributed by atoms with Gasteiger partial charge in [-0.25, -0.2) is 0 Å². The molecule has 4 fully saturated rings. The van der Waals surface area contributed by atoms with E-state index in [0.717, 1.165) is 42.9 Å². The lowest BCUT2D eigenvalue weighted by Gasteiger charge is -2.37. The highest BCUT2D eigenvalue weighted by molar-refractivity contribution is 5.06. The Morgan fingerprint density at radius 1 is 0.933 bits per heavy atom. The van der Waals surface area contributed by atoms with Crippen LogP contribution < -0.4 is 5.32 Å². The maximum absolute atomic E-state index is 5.25. The Labute approximate surface area is 91.8 Å². The van der Waals surface area contributed by atoms with E-state index >= 15 is 0 Å². The molecule has 0 amide bonds. The second-order valence-corrected chi connectivity index (χ2v) is 6.16. The van der Waals surface area contributed by atoms with Crippen LogP contribution in [0.1, 0.15) is 32.1 Å². The highest BCUT2D eigenvalue weighted by atomic mass is 16.5. The molecule has 3 saturated carbocycles. The van der Waals surface area contributed by atoms with Gasteiger partial charge in [0.15, 0.2) is 0 Å². The summed E-state index contributed by atoms with van der Waals surface area (Å²) in [6.45, 7) is 1.92. The predicted molar refractivity (Wildman–Crippen MR) is 58.6 cm³/mol. The first-order valence-electron chi connectivity index (χ1n) is 6.75. The summed E-state index contributed by atoms with van der Waals surface area (Å²) in [5.74, 6) is 4.34. The van der Waals surface area contributed by atoms with Gasteiger partial charge in [-0.15, -0.1) is 0 Å². The summed E-state index contributed by atoms with van der Waals surface area (Å²) < 4.78 is 5.25. The topological polar surface area (TPSA) is 21.3 Å². The van der Waals surface area contributed by atoms with Gasteiger partial charge in [-0.1, -0.05) is 6.42 Å². The number of nitrogens with one attached hydrogen (secondary N) is 1. The Morgan fingerprint density at radius 3 is 2.60 bits per heavy atom. The highest BCUT2D eigenvalue weighted by Gasteiger charge is 2.53. The third kappa shape index (κ3) is 1.24. The molecule has 0 aromatic heterocycles. The van der Waals surface area contributed by atoms with Crippen molar-refractivity contribution in [3.8, 4) is 0 Å². The lowest BCUT2D eigenvalue weighted by molar-refractivity contribution is -0.0156. The summed E-state index contributed by atoms with van der Waals surface area (Å²) in [4.78, 5) is 0. The molecule has 1 aliphatic heterocycles. The van der Waals surface area contributed by atoms with Crippen LogP contribution in [-0.2, 0) is 4.74 Å². The Morgan fingerprint density at radius 2 is 1.80 bits per heavy atom. The largest absolute Gasteiger partial charge is 0.378 e. The minimum Gasteiger partial charge on any atom is -0.378 e. The van der Waals surface area contributed by atoms with Crippen LogP contribution in [0, 0.1) is 23.7 Å². The van der Waals surface area contributed by atoms with Crippen molar-refractivity contribution in [3.05, 3.63) is 0 Å². The van der Waals surface area contributed by atoms with Gasteiger partial charge in [-0.3, -0.25) is 0 Å². The second-order valence-electron chi connectivity index (χ2n) is 6.16. The minimum atomic E-state index is 0.689. The molecule has 0 aromatic rings. The van der Waals surface area contributed by atoms with E-state index < -0.39 is 0 Å². The fourth-order valence-corrected chi connectivity index (χ4v) is 4.89. The van der Waals surface area contributed by atoms with Crippen LogP contribution >= 0.6 is 0 Å². The summed E-state index contributed by atoms with van der Waals surface area (Å²) in [5.41, 5.74) is 0. The number of hydrogen-bond acceptors (Lipinski definition) is 2. The van der Waals surface area contributed by atoms with Crippen LogP contribution in [0.2, 0.25) is 0 Å². The van der Waals surface area contributed by atoms with E-state index in [1.807, 2.05) is 0 Å². The average Bonchev–Trinajstić information content (AvgIpc) is 2.82. The number of hydrogen-bond donors (Lipinski definition) is 1. The molecule has 2 nitrogen and oxygen atoms in total. The van der Waals surface area contributed by atoms with E-state index in [0.29, 0.717) is 6.04 Å². The van der Waals surface area contributed by atoms with Crippen molar-refractivity contribution in [1.29, 1.82) is 0 Å². The molecule has 84 valence electrons. The monoisotopic (exact) mass is 207 g/mol. The van der Waals surface area contributed by atoms with Gasteiger partial charge in [-0.2, -0.15) is 0 Å². The molecule has 2 bridgehead atoms. The smallest absolute Gasteiger partial charge is 0.0643 e. The van der Waals surface area contributed by atoms with E-state index in [1.165, 1.54) is 19.3 Å². The third-order valence-corrected chi connectivity index (χ3v) is 5.52. The van der Waals surface area contributed by atoms with Gasteiger partial charge in [0.1, 0.15) is 0 Å². The van der Waals surface area contributed by atoms with Crippen LogP contribution in [-0.4, -0.2) is 25.3 Å². The summed E-state index contributed by atoms with van der Waals surface area (Å²) >= 11 is 0. The van der Waals surface area contributed by atoms with Crippen LogP contribution in [0.3, 0.4) is 0 Å². The summed E-state index contributed by atoms with van der Waals surface area (Å²) in [5, 5.41) is 3.83. The lowest BCUT2D eigenvalue weighted by Crippen LogP contribution is -2.53. The average molecular weight is 207 g/mol. The van der Waals surface area contributed by atoms with Crippen molar-refractivity contribution < 1.29 is 4.74 Å². The van der Waals surface area contributed by atoms with E-state index in [-0.39, 0.29) is 0 Å². The molecular weight excluding hydrogens is 186 g/mol. The van der Waals surface area contributed by atoms with Gasteiger partial charge >= 0.3 is 0 Å². The van der Waals surface area contributed by atoms with Crippen LogP contribution in [0.5, 0.6) is 0 Å². The number of rotatable bonds is 2. The SMILES string of the molecule is C1CC2C3CC(NC4COC4)C(C3)C2C1. The third-order valence-electron chi connectivity index (χ3n) is 5.52. The molecule has 0 aromatic carbocycles. The van der Waals surface area contributed by atoms with E-state index in [9.17, 15) is 0 Å². The van der Waals surface area contributed by atoms with Crippen molar-refractivity contribution in [2.24, 2.45) is 23.7 Å². The minimum absolute atomic E-state index is 0.689. The molecule has 4 rings (SSSR count). The zero-order valence-corrected chi connectivity index (χ0v) is 9.32. The maximum Gasteiger partial charge on any atom is 0.0643 e. The molecule has 3 aliphatic carbocycles. The van der Waals surface area contributed by atoms with Gasteiger partial charge in [0.2, 0.25) is 0 Å². The Balaban J connectivity index is 1.46. The lowest BCUT2D eigenvalue weighted by atomic mass is 9.79. The van der Waals surface area contributed by atoms with E-state index in [4.69, 9.17) is 4.74 Å². The normalized spacial score (nSPS) is 53.2. The van der Waals surface area contributed by atoms with Crippen molar-refractivity contribution in [1.82, 2.24) is 5.32 Å².